The molecule has 7 heteroatoms. The summed E-state index contributed by atoms with van der Waals surface area (Å²) in [5, 5.41) is 5.80. The Balaban J connectivity index is 1.92. The van der Waals surface area contributed by atoms with Crippen LogP contribution in [0.4, 0.5) is 0 Å². The minimum absolute atomic E-state index is 0.147. The number of thioether (sulfide) groups is 1. The second kappa shape index (κ2) is 6.10. The Bertz CT molecular complexity index is 762. The van der Waals surface area contributed by atoms with E-state index in [0.717, 1.165) is 16.0 Å². The second-order valence-electron chi connectivity index (χ2n) is 4.25. The molecule has 106 valence electrons. The molecule has 1 amide bonds. The number of hydrogen-bond acceptors (Lipinski definition) is 4. The predicted molar refractivity (Wildman–Crippen MR) is 96.1 cm³/mol. The largest absolute Gasteiger partial charge is 0.307 e. The van der Waals surface area contributed by atoms with Gasteiger partial charge >= 0.3 is 0 Å². The van der Waals surface area contributed by atoms with Gasteiger partial charge in [-0.2, -0.15) is 0 Å². The molecule has 2 heterocycles. The summed E-state index contributed by atoms with van der Waals surface area (Å²) in [6.45, 7) is 0. The first-order valence-electron chi connectivity index (χ1n) is 5.81. The number of thiocarbonyl (C=S) groups is 1. The maximum absolute atomic E-state index is 11.6. The summed E-state index contributed by atoms with van der Waals surface area (Å²) in [6, 6.07) is 7.41. The Morgan fingerprint density at radius 1 is 1.10 bits per heavy atom. The van der Waals surface area contributed by atoms with Gasteiger partial charge in [-0.25, -0.2) is 0 Å². The third kappa shape index (κ3) is 3.49. The molecule has 0 atom stereocenters. The lowest BCUT2D eigenvalue weighted by atomic mass is 10.1. The molecule has 0 unspecified atom stereocenters. The Morgan fingerprint density at radius 3 is 2.43 bits per heavy atom. The highest BCUT2D eigenvalue weighted by Gasteiger charge is 2.22. The summed E-state index contributed by atoms with van der Waals surface area (Å²) in [7, 11) is 0. The maximum Gasteiger partial charge on any atom is 0.263 e. The molecule has 1 saturated heterocycles. The van der Waals surface area contributed by atoms with Gasteiger partial charge in [0.2, 0.25) is 0 Å². The summed E-state index contributed by atoms with van der Waals surface area (Å²) in [5.74, 6) is -0.147. The molecule has 1 N–H and O–H groups in total. The molecule has 1 aromatic carbocycles. The molecule has 2 aromatic rings. The first-order valence-corrected chi connectivity index (χ1v) is 8.67. The van der Waals surface area contributed by atoms with Gasteiger partial charge in [-0.05, 0) is 46.8 Å². The number of nitrogens with one attached hydrogen (secondary N) is 1. The van der Waals surface area contributed by atoms with E-state index in [1.807, 2.05) is 29.7 Å². The van der Waals surface area contributed by atoms with Crippen LogP contribution in [0.1, 0.15) is 4.88 Å². The fraction of sp³-hybridized carbons (Fsp3) is 0. The Labute approximate surface area is 145 Å². The molecular weight excluding hydrogens is 365 g/mol. The maximum atomic E-state index is 11.6. The van der Waals surface area contributed by atoms with Crippen molar-refractivity contribution in [3.63, 3.8) is 0 Å². The SMILES string of the molecule is O=C1NC(=S)SC1=Cc1cc(-c2cc(Cl)cc(Cl)c2)cs1. The van der Waals surface area contributed by atoms with Gasteiger partial charge in [0, 0.05) is 14.9 Å². The van der Waals surface area contributed by atoms with E-state index in [9.17, 15) is 4.79 Å². The zero-order valence-corrected chi connectivity index (χ0v) is 14.3. The highest BCUT2D eigenvalue weighted by atomic mass is 35.5. The van der Waals surface area contributed by atoms with Crippen LogP contribution in [0, 0.1) is 0 Å². The summed E-state index contributed by atoms with van der Waals surface area (Å²) in [5.41, 5.74) is 1.97. The molecule has 0 bridgehead atoms. The van der Waals surface area contributed by atoms with E-state index in [1.165, 1.54) is 11.8 Å². The first-order chi connectivity index (χ1) is 10.0. The number of hydrogen-bond donors (Lipinski definition) is 1. The van der Waals surface area contributed by atoms with E-state index in [2.05, 4.69) is 5.32 Å². The van der Waals surface area contributed by atoms with Crippen molar-refractivity contribution in [2.45, 2.75) is 0 Å². The van der Waals surface area contributed by atoms with Gasteiger partial charge in [-0.3, -0.25) is 4.79 Å². The van der Waals surface area contributed by atoms with Crippen molar-refractivity contribution in [2.24, 2.45) is 0 Å². The molecule has 0 spiro atoms. The minimum atomic E-state index is -0.147. The van der Waals surface area contributed by atoms with Crippen molar-refractivity contribution in [1.82, 2.24) is 5.32 Å². The van der Waals surface area contributed by atoms with Crippen LogP contribution >= 0.6 is 58.5 Å². The third-order valence-corrected chi connectivity index (χ3v) is 5.21. The molecule has 1 aliphatic rings. The van der Waals surface area contributed by atoms with Crippen LogP contribution < -0.4 is 5.32 Å². The van der Waals surface area contributed by atoms with Gasteiger partial charge in [0.15, 0.2) is 0 Å². The summed E-state index contributed by atoms with van der Waals surface area (Å²) >= 11 is 19.8. The molecular formula is C14H7Cl2NOS3. The average Bonchev–Trinajstić information content (AvgIpc) is 2.96. The Morgan fingerprint density at radius 2 is 1.81 bits per heavy atom. The highest BCUT2D eigenvalue weighted by Crippen LogP contribution is 2.33. The van der Waals surface area contributed by atoms with Gasteiger partial charge in [0.05, 0.1) is 4.91 Å². The number of benzene rings is 1. The molecule has 3 rings (SSSR count). The number of rotatable bonds is 2. The van der Waals surface area contributed by atoms with Crippen LogP contribution in [0.15, 0.2) is 34.6 Å². The number of carbonyl (C=O) groups excluding carboxylic acids is 1. The van der Waals surface area contributed by atoms with E-state index in [4.69, 9.17) is 35.4 Å². The lowest BCUT2D eigenvalue weighted by Crippen LogP contribution is -2.17. The smallest absolute Gasteiger partial charge is 0.263 e. The molecule has 0 radical (unpaired) electrons. The molecule has 0 saturated carbocycles. The van der Waals surface area contributed by atoms with Crippen molar-refractivity contribution in [1.29, 1.82) is 0 Å². The fourth-order valence-electron chi connectivity index (χ4n) is 1.85. The lowest BCUT2D eigenvalue weighted by Gasteiger charge is -2.00. The van der Waals surface area contributed by atoms with Gasteiger partial charge in [-0.15, -0.1) is 11.3 Å². The van der Waals surface area contributed by atoms with Crippen LogP contribution in [0.25, 0.3) is 17.2 Å². The highest BCUT2D eigenvalue weighted by molar-refractivity contribution is 8.26. The van der Waals surface area contributed by atoms with E-state index in [1.54, 1.807) is 17.4 Å². The van der Waals surface area contributed by atoms with Crippen molar-refractivity contribution in [2.75, 3.05) is 0 Å². The predicted octanol–water partition coefficient (Wildman–Crippen LogP) is 5.21. The molecule has 21 heavy (non-hydrogen) atoms. The van der Waals surface area contributed by atoms with Crippen molar-refractivity contribution >= 4 is 74.8 Å². The Kier molecular flexibility index (Phi) is 4.38. The summed E-state index contributed by atoms with van der Waals surface area (Å²) in [4.78, 5) is 13.2. The van der Waals surface area contributed by atoms with Crippen molar-refractivity contribution < 1.29 is 4.79 Å². The summed E-state index contributed by atoms with van der Waals surface area (Å²) in [6.07, 6.45) is 1.83. The normalized spacial score (nSPS) is 16.6. The molecule has 1 aromatic heterocycles. The monoisotopic (exact) mass is 371 g/mol. The van der Waals surface area contributed by atoms with Crippen molar-refractivity contribution in [3.05, 3.63) is 49.5 Å². The molecule has 1 aliphatic heterocycles. The van der Waals surface area contributed by atoms with E-state index < -0.39 is 0 Å². The molecule has 0 aliphatic carbocycles. The van der Waals surface area contributed by atoms with Crippen LogP contribution in [-0.4, -0.2) is 10.2 Å². The Hall–Kier alpha value is -0.850. The topological polar surface area (TPSA) is 29.1 Å². The quantitative estimate of drug-likeness (QED) is 0.580. The number of amides is 1. The van der Waals surface area contributed by atoms with Gasteiger partial charge < -0.3 is 5.32 Å². The van der Waals surface area contributed by atoms with Crippen LogP contribution in [0.2, 0.25) is 10.0 Å². The lowest BCUT2D eigenvalue weighted by molar-refractivity contribution is -0.115. The number of halogens is 2. The van der Waals surface area contributed by atoms with Gasteiger partial charge in [0.1, 0.15) is 4.32 Å². The van der Waals surface area contributed by atoms with E-state index in [0.29, 0.717) is 19.3 Å². The zero-order valence-electron chi connectivity index (χ0n) is 10.4. The average molecular weight is 372 g/mol. The zero-order chi connectivity index (χ0) is 15.0. The van der Waals surface area contributed by atoms with Crippen LogP contribution in [0.5, 0.6) is 0 Å². The van der Waals surface area contributed by atoms with Gasteiger partial charge in [-0.1, -0.05) is 47.2 Å². The van der Waals surface area contributed by atoms with Crippen LogP contribution in [0.3, 0.4) is 0 Å². The molecule has 2 nitrogen and oxygen atoms in total. The summed E-state index contributed by atoms with van der Waals surface area (Å²) < 4.78 is 0.490. The van der Waals surface area contributed by atoms with Gasteiger partial charge in [0.25, 0.3) is 5.91 Å². The van der Waals surface area contributed by atoms with E-state index in [-0.39, 0.29) is 5.91 Å². The molecule has 1 fully saturated rings. The standard InChI is InChI=1S/C14H7Cl2NOS3/c15-9-1-7(2-10(16)4-9)8-3-11(20-6-8)5-12-13(18)17-14(19)21-12/h1-6H,(H,17,18,19). The minimum Gasteiger partial charge on any atom is -0.307 e. The first kappa shape index (κ1) is 15.1. The third-order valence-electron chi connectivity index (χ3n) is 2.73. The fourth-order valence-corrected chi connectivity index (χ4v) is 4.33. The van der Waals surface area contributed by atoms with E-state index >= 15 is 0 Å². The van der Waals surface area contributed by atoms with Crippen molar-refractivity contribution in [3.8, 4) is 11.1 Å². The number of carbonyl (C=O) groups is 1. The van der Waals surface area contributed by atoms with Crippen LogP contribution in [-0.2, 0) is 4.79 Å². The number of thiophene rings is 1. The second-order valence-corrected chi connectivity index (χ2v) is 7.78.